The molecular formula is C13H13F3N2S2. The summed E-state index contributed by atoms with van der Waals surface area (Å²) >= 11 is 2.15. The van der Waals surface area contributed by atoms with Crippen molar-refractivity contribution in [2.24, 2.45) is 5.73 Å². The Labute approximate surface area is 123 Å². The van der Waals surface area contributed by atoms with E-state index >= 15 is 0 Å². The molecule has 0 bridgehead atoms. The highest BCUT2D eigenvalue weighted by Gasteiger charge is 2.35. The molecule has 108 valence electrons. The van der Waals surface area contributed by atoms with Crippen molar-refractivity contribution in [1.82, 2.24) is 4.98 Å². The van der Waals surface area contributed by atoms with E-state index in [9.17, 15) is 13.2 Å². The summed E-state index contributed by atoms with van der Waals surface area (Å²) in [5.41, 5.74) is 7.06. The van der Waals surface area contributed by atoms with Gasteiger partial charge in [-0.25, -0.2) is 4.98 Å². The van der Waals surface area contributed by atoms with Gasteiger partial charge in [-0.1, -0.05) is 18.2 Å². The summed E-state index contributed by atoms with van der Waals surface area (Å²) in [6.45, 7) is 1.99. The van der Waals surface area contributed by atoms with E-state index in [1.54, 1.807) is 0 Å². The standard InChI is InChI=1S/C13H13F3N2S2/c1-8-4-2-3-5-10(8)19-7-9(17)11-6-18-12(20-11)13(14,15)16/h2-6,9H,7,17H2,1H3. The molecule has 1 aromatic heterocycles. The first-order valence-corrected chi connectivity index (χ1v) is 7.65. The molecule has 0 fully saturated rings. The van der Waals surface area contributed by atoms with Crippen molar-refractivity contribution in [1.29, 1.82) is 0 Å². The van der Waals surface area contributed by atoms with Crippen LogP contribution in [0, 0.1) is 6.92 Å². The molecule has 0 amide bonds. The maximum atomic E-state index is 12.5. The summed E-state index contributed by atoms with van der Waals surface area (Å²) in [5, 5.41) is -0.844. The van der Waals surface area contributed by atoms with E-state index in [-0.39, 0.29) is 0 Å². The van der Waals surface area contributed by atoms with Crippen LogP contribution in [0.15, 0.2) is 35.4 Å². The van der Waals surface area contributed by atoms with E-state index < -0.39 is 17.2 Å². The fourth-order valence-electron chi connectivity index (χ4n) is 1.57. The van der Waals surface area contributed by atoms with Gasteiger partial charge in [0.1, 0.15) is 0 Å². The molecule has 2 N–H and O–H groups in total. The highest BCUT2D eigenvalue weighted by molar-refractivity contribution is 7.99. The number of aryl methyl sites for hydroxylation is 1. The Morgan fingerprint density at radius 3 is 2.65 bits per heavy atom. The van der Waals surface area contributed by atoms with Crippen LogP contribution in [-0.4, -0.2) is 10.7 Å². The summed E-state index contributed by atoms with van der Waals surface area (Å²) in [6, 6.07) is 7.38. The highest BCUT2D eigenvalue weighted by atomic mass is 32.2. The lowest BCUT2D eigenvalue weighted by atomic mass is 10.2. The number of halogens is 3. The van der Waals surface area contributed by atoms with E-state index in [0.717, 1.165) is 10.5 Å². The molecular weight excluding hydrogens is 305 g/mol. The van der Waals surface area contributed by atoms with Gasteiger partial charge in [0, 0.05) is 21.7 Å². The molecule has 2 rings (SSSR count). The molecule has 2 aromatic rings. The molecule has 1 atom stereocenters. The Kier molecular flexibility index (Phi) is 4.72. The summed E-state index contributed by atoms with van der Waals surface area (Å²) in [4.78, 5) is 4.93. The molecule has 1 unspecified atom stereocenters. The maximum absolute atomic E-state index is 12.5. The fourth-order valence-corrected chi connectivity index (χ4v) is 3.47. The van der Waals surface area contributed by atoms with Crippen LogP contribution in [0.2, 0.25) is 0 Å². The van der Waals surface area contributed by atoms with Gasteiger partial charge in [0.25, 0.3) is 0 Å². The molecule has 1 aromatic carbocycles. The van der Waals surface area contributed by atoms with Crippen molar-refractivity contribution < 1.29 is 13.2 Å². The predicted molar refractivity (Wildman–Crippen MR) is 75.9 cm³/mol. The smallest absolute Gasteiger partial charge is 0.323 e. The quantitative estimate of drug-likeness (QED) is 0.856. The van der Waals surface area contributed by atoms with Crippen molar-refractivity contribution in [3.8, 4) is 0 Å². The van der Waals surface area contributed by atoms with Crippen LogP contribution in [0.4, 0.5) is 13.2 Å². The number of benzene rings is 1. The summed E-state index contributed by atoms with van der Waals surface area (Å²) < 4.78 is 37.4. The minimum absolute atomic E-state index is 0.451. The van der Waals surface area contributed by atoms with Gasteiger partial charge in [0.2, 0.25) is 0 Å². The Hall–Kier alpha value is -1.05. The average Bonchev–Trinajstić information content (AvgIpc) is 2.87. The van der Waals surface area contributed by atoms with E-state index in [1.807, 2.05) is 31.2 Å². The molecule has 0 saturated heterocycles. The normalized spacial score (nSPS) is 13.4. The lowest BCUT2D eigenvalue weighted by Gasteiger charge is -2.10. The van der Waals surface area contributed by atoms with Gasteiger partial charge in [-0.2, -0.15) is 13.2 Å². The monoisotopic (exact) mass is 318 g/mol. The number of hydrogen-bond acceptors (Lipinski definition) is 4. The lowest BCUT2D eigenvalue weighted by Crippen LogP contribution is -2.11. The molecule has 2 nitrogen and oxygen atoms in total. The van der Waals surface area contributed by atoms with Crippen molar-refractivity contribution in [2.75, 3.05) is 5.75 Å². The fraction of sp³-hybridized carbons (Fsp3) is 0.308. The van der Waals surface area contributed by atoms with E-state index in [1.165, 1.54) is 18.0 Å². The molecule has 1 heterocycles. The van der Waals surface area contributed by atoms with E-state index in [0.29, 0.717) is 22.0 Å². The lowest BCUT2D eigenvalue weighted by molar-refractivity contribution is -0.137. The first kappa shape index (κ1) is 15.3. The number of alkyl halides is 3. The van der Waals surface area contributed by atoms with Gasteiger partial charge >= 0.3 is 6.18 Å². The number of hydrogen-bond donors (Lipinski definition) is 1. The largest absolute Gasteiger partial charge is 0.443 e. The topological polar surface area (TPSA) is 38.9 Å². The minimum Gasteiger partial charge on any atom is -0.323 e. The van der Waals surface area contributed by atoms with Crippen molar-refractivity contribution in [2.45, 2.75) is 24.0 Å². The average molecular weight is 318 g/mol. The number of aromatic nitrogens is 1. The van der Waals surface area contributed by atoms with Crippen LogP contribution in [-0.2, 0) is 6.18 Å². The number of nitrogens with two attached hydrogens (primary N) is 1. The number of thioether (sulfide) groups is 1. The molecule has 0 aliphatic rings. The Morgan fingerprint density at radius 1 is 1.35 bits per heavy atom. The third-order valence-electron chi connectivity index (χ3n) is 2.64. The first-order valence-electron chi connectivity index (χ1n) is 5.85. The van der Waals surface area contributed by atoms with Gasteiger partial charge in [0.15, 0.2) is 5.01 Å². The Balaban J connectivity index is 2.00. The molecule has 7 heteroatoms. The van der Waals surface area contributed by atoms with E-state index in [4.69, 9.17) is 5.73 Å². The van der Waals surface area contributed by atoms with Crippen LogP contribution >= 0.6 is 23.1 Å². The molecule has 0 aliphatic heterocycles. The zero-order valence-electron chi connectivity index (χ0n) is 10.6. The van der Waals surface area contributed by atoms with Gasteiger partial charge in [-0.15, -0.1) is 23.1 Å². The van der Waals surface area contributed by atoms with Crippen LogP contribution in [0.3, 0.4) is 0 Å². The Bertz CT molecular complexity index is 581. The second kappa shape index (κ2) is 6.15. The third kappa shape index (κ3) is 3.74. The van der Waals surface area contributed by atoms with Gasteiger partial charge < -0.3 is 5.73 Å². The van der Waals surface area contributed by atoms with E-state index in [2.05, 4.69) is 4.98 Å². The third-order valence-corrected chi connectivity index (χ3v) is 5.11. The minimum atomic E-state index is -4.40. The zero-order valence-corrected chi connectivity index (χ0v) is 12.3. The van der Waals surface area contributed by atoms with Crippen molar-refractivity contribution >= 4 is 23.1 Å². The second-order valence-electron chi connectivity index (χ2n) is 4.25. The maximum Gasteiger partial charge on any atom is 0.443 e. The predicted octanol–water partition coefficient (Wildman–Crippen LogP) is 4.26. The van der Waals surface area contributed by atoms with Gasteiger partial charge in [-0.3, -0.25) is 0 Å². The molecule has 0 spiro atoms. The number of nitrogens with zero attached hydrogens (tertiary/aromatic N) is 1. The number of thiazole rings is 1. The van der Waals surface area contributed by atoms with Crippen LogP contribution < -0.4 is 5.73 Å². The summed E-state index contributed by atoms with van der Waals surface area (Å²) in [5.74, 6) is 0.518. The van der Waals surface area contributed by atoms with Crippen molar-refractivity contribution in [3.05, 3.63) is 45.9 Å². The number of rotatable bonds is 4. The first-order chi connectivity index (χ1) is 9.38. The molecule has 0 aliphatic carbocycles. The van der Waals surface area contributed by atoms with Crippen molar-refractivity contribution in [3.63, 3.8) is 0 Å². The van der Waals surface area contributed by atoms with Crippen LogP contribution in [0.25, 0.3) is 0 Å². The van der Waals surface area contributed by atoms with Gasteiger partial charge in [-0.05, 0) is 18.6 Å². The highest BCUT2D eigenvalue weighted by Crippen LogP contribution is 2.35. The second-order valence-corrected chi connectivity index (χ2v) is 6.37. The molecule has 20 heavy (non-hydrogen) atoms. The van der Waals surface area contributed by atoms with Crippen LogP contribution in [0.1, 0.15) is 21.5 Å². The molecule has 0 saturated carbocycles. The molecule has 0 radical (unpaired) electrons. The van der Waals surface area contributed by atoms with Crippen LogP contribution in [0.5, 0.6) is 0 Å². The van der Waals surface area contributed by atoms with Gasteiger partial charge in [0.05, 0.1) is 6.04 Å². The Morgan fingerprint density at radius 2 is 2.05 bits per heavy atom. The SMILES string of the molecule is Cc1ccccc1SCC(N)c1cnc(C(F)(F)F)s1. The summed E-state index contributed by atoms with van der Waals surface area (Å²) in [7, 11) is 0. The summed E-state index contributed by atoms with van der Waals surface area (Å²) in [6.07, 6.45) is -3.18. The zero-order chi connectivity index (χ0) is 14.8.